The maximum absolute atomic E-state index is 12.7. The van der Waals surface area contributed by atoms with Crippen molar-refractivity contribution in [1.82, 2.24) is 29.2 Å². The lowest BCUT2D eigenvalue weighted by molar-refractivity contribution is -0.125. The number of pyridine rings is 2. The smallest absolute Gasteiger partial charge is 0.227 e. The van der Waals surface area contributed by atoms with Gasteiger partial charge in [-0.1, -0.05) is 0 Å². The van der Waals surface area contributed by atoms with Gasteiger partial charge in [-0.3, -0.25) is 9.59 Å². The molecular weight excluding hydrogens is 408 g/mol. The summed E-state index contributed by atoms with van der Waals surface area (Å²) < 4.78 is 3.31. The summed E-state index contributed by atoms with van der Waals surface area (Å²) in [4.78, 5) is 34.0. The number of anilines is 2. The van der Waals surface area contributed by atoms with E-state index >= 15 is 0 Å². The number of amides is 2. The zero-order valence-electron chi connectivity index (χ0n) is 17.9. The first kappa shape index (κ1) is 20.1. The van der Waals surface area contributed by atoms with Gasteiger partial charge in [0.05, 0.1) is 23.8 Å². The fraction of sp³-hybridized carbons (Fsp3) is 0.364. The number of carbonyl (C=O) groups is 2. The Hall–Kier alpha value is -3.82. The fourth-order valence-electron chi connectivity index (χ4n) is 4.24. The van der Waals surface area contributed by atoms with Crippen LogP contribution in [0.25, 0.3) is 11.3 Å². The Bertz CT molecular complexity index is 1210. The van der Waals surface area contributed by atoms with Crippen LogP contribution in [0.4, 0.5) is 11.4 Å². The molecule has 4 heterocycles. The summed E-state index contributed by atoms with van der Waals surface area (Å²) in [6, 6.07) is 7.31. The second-order valence-electron chi connectivity index (χ2n) is 8.29. The number of carbonyl (C=O) groups excluding carboxylic acids is 2. The molecule has 164 valence electrons. The van der Waals surface area contributed by atoms with E-state index in [0.717, 1.165) is 11.3 Å². The van der Waals surface area contributed by atoms with Gasteiger partial charge >= 0.3 is 0 Å². The number of rotatable bonds is 4. The molecule has 2 amide bonds. The van der Waals surface area contributed by atoms with Gasteiger partial charge in [-0.25, -0.2) is 19.0 Å². The summed E-state index contributed by atoms with van der Waals surface area (Å²) in [5.41, 5.74) is 2.85. The van der Waals surface area contributed by atoms with Gasteiger partial charge in [-0.05, 0) is 63.8 Å². The fourth-order valence-corrected chi connectivity index (χ4v) is 4.24. The lowest BCUT2D eigenvalue weighted by atomic mass is 9.81. The standard InChI is InChI=1S/C22H24N8O2/c1-13-23-19-9-7-17(11-29(19)27-13)25-21(31)15-3-5-16(6-4-15)22(32)26-18-8-10-20-24-14(2)28-30(20)12-18/h7-12,15-16H,3-6H2,1-2H3,(H,25,31)(H,26,32). The molecule has 10 heteroatoms. The third kappa shape index (κ3) is 4.03. The van der Waals surface area contributed by atoms with Gasteiger partial charge in [-0.2, -0.15) is 10.2 Å². The van der Waals surface area contributed by atoms with E-state index in [4.69, 9.17) is 0 Å². The molecule has 0 atom stereocenters. The van der Waals surface area contributed by atoms with E-state index in [1.165, 1.54) is 0 Å². The van der Waals surface area contributed by atoms with Crippen LogP contribution in [0.1, 0.15) is 37.3 Å². The lowest BCUT2D eigenvalue weighted by Crippen LogP contribution is -2.32. The maximum atomic E-state index is 12.7. The van der Waals surface area contributed by atoms with Crippen LogP contribution >= 0.6 is 0 Å². The quantitative estimate of drug-likeness (QED) is 0.512. The highest BCUT2D eigenvalue weighted by Crippen LogP contribution is 2.30. The molecule has 5 rings (SSSR count). The number of hydrogen-bond donors (Lipinski definition) is 2. The van der Waals surface area contributed by atoms with Crippen LogP contribution in [0.2, 0.25) is 0 Å². The summed E-state index contributed by atoms with van der Waals surface area (Å²) in [7, 11) is 0. The van der Waals surface area contributed by atoms with Crippen molar-refractivity contribution in [3.8, 4) is 0 Å². The molecule has 1 saturated carbocycles. The maximum Gasteiger partial charge on any atom is 0.227 e. The lowest BCUT2D eigenvalue weighted by Gasteiger charge is -2.27. The molecule has 0 bridgehead atoms. The van der Waals surface area contributed by atoms with E-state index in [9.17, 15) is 9.59 Å². The molecule has 4 aromatic rings. The summed E-state index contributed by atoms with van der Waals surface area (Å²) >= 11 is 0. The van der Waals surface area contributed by atoms with Crippen molar-refractivity contribution in [2.75, 3.05) is 10.6 Å². The Balaban J connectivity index is 1.16. The van der Waals surface area contributed by atoms with Crippen LogP contribution < -0.4 is 10.6 Å². The average molecular weight is 432 g/mol. The first-order valence-electron chi connectivity index (χ1n) is 10.7. The Morgan fingerprint density at radius 2 is 1.16 bits per heavy atom. The molecular formula is C22H24N8O2. The van der Waals surface area contributed by atoms with Crippen molar-refractivity contribution in [3.63, 3.8) is 0 Å². The van der Waals surface area contributed by atoms with Crippen LogP contribution in [-0.4, -0.2) is 41.0 Å². The van der Waals surface area contributed by atoms with Crippen molar-refractivity contribution in [1.29, 1.82) is 0 Å². The zero-order chi connectivity index (χ0) is 22.2. The number of aromatic nitrogens is 6. The molecule has 0 radical (unpaired) electrons. The molecule has 1 aliphatic carbocycles. The van der Waals surface area contributed by atoms with Gasteiger partial charge in [0.1, 0.15) is 11.6 Å². The number of nitrogens with one attached hydrogen (secondary N) is 2. The van der Waals surface area contributed by atoms with E-state index in [1.54, 1.807) is 21.4 Å². The Morgan fingerprint density at radius 3 is 1.56 bits per heavy atom. The average Bonchev–Trinajstić information content (AvgIpc) is 3.33. The Kier molecular flexibility index (Phi) is 5.04. The minimum Gasteiger partial charge on any atom is -0.324 e. The summed E-state index contributed by atoms with van der Waals surface area (Å²) in [5.74, 6) is 1.10. The number of fused-ring (bicyclic) bond motifs is 2. The second-order valence-corrected chi connectivity index (χ2v) is 8.29. The molecule has 32 heavy (non-hydrogen) atoms. The first-order valence-corrected chi connectivity index (χ1v) is 10.7. The molecule has 1 aliphatic rings. The van der Waals surface area contributed by atoms with E-state index in [2.05, 4.69) is 30.8 Å². The predicted molar refractivity (Wildman–Crippen MR) is 118 cm³/mol. The number of hydrogen-bond acceptors (Lipinski definition) is 6. The number of aryl methyl sites for hydroxylation is 2. The molecule has 0 unspecified atom stereocenters. The zero-order valence-corrected chi connectivity index (χ0v) is 17.9. The number of nitrogens with zero attached hydrogens (tertiary/aromatic N) is 6. The highest BCUT2D eigenvalue weighted by molar-refractivity contribution is 5.94. The van der Waals surface area contributed by atoms with Crippen LogP contribution in [-0.2, 0) is 9.59 Å². The minimum absolute atomic E-state index is 0.0213. The van der Waals surface area contributed by atoms with Crippen LogP contribution in [0.15, 0.2) is 36.7 Å². The van der Waals surface area contributed by atoms with Gasteiger partial charge in [0.15, 0.2) is 11.3 Å². The highest BCUT2D eigenvalue weighted by atomic mass is 16.2. The van der Waals surface area contributed by atoms with Gasteiger partial charge in [0.2, 0.25) is 11.8 Å². The topological polar surface area (TPSA) is 119 Å². The molecule has 0 aliphatic heterocycles. The minimum atomic E-state index is -0.110. The second kappa shape index (κ2) is 8.03. The molecule has 0 spiro atoms. The normalized spacial score (nSPS) is 18.7. The largest absolute Gasteiger partial charge is 0.324 e. The van der Waals surface area contributed by atoms with Gasteiger partial charge < -0.3 is 10.6 Å². The predicted octanol–water partition coefficient (Wildman–Crippen LogP) is 2.77. The van der Waals surface area contributed by atoms with Gasteiger partial charge in [-0.15, -0.1) is 0 Å². The van der Waals surface area contributed by atoms with E-state index in [1.807, 2.05) is 38.1 Å². The van der Waals surface area contributed by atoms with Crippen LogP contribution in [0.5, 0.6) is 0 Å². The highest BCUT2D eigenvalue weighted by Gasteiger charge is 2.30. The third-order valence-corrected chi connectivity index (χ3v) is 5.88. The third-order valence-electron chi connectivity index (χ3n) is 5.88. The first-order chi connectivity index (χ1) is 15.4. The van der Waals surface area contributed by atoms with Crippen LogP contribution in [0, 0.1) is 25.7 Å². The molecule has 10 nitrogen and oxygen atoms in total. The van der Waals surface area contributed by atoms with Crippen LogP contribution in [0.3, 0.4) is 0 Å². The van der Waals surface area contributed by atoms with E-state index in [0.29, 0.717) is 48.7 Å². The molecule has 4 aromatic heterocycles. The van der Waals surface area contributed by atoms with Crippen molar-refractivity contribution >= 4 is 34.5 Å². The van der Waals surface area contributed by atoms with E-state index < -0.39 is 0 Å². The van der Waals surface area contributed by atoms with Crippen molar-refractivity contribution in [2.24, 2.45) is 11.8 Å². The SMILES string of the molecule is Cc1nc2ccc(NC(=O)C3CCC(C(=O)Nc4ccc5nc(C)nn5c4)CC3)cn2n1. The van der Waals surface area contributed by atoms with Crippen molar-refractivity contribution < 1.29 is 9.59 Å². The van der Waals surface area contributed by atoms with Crippen molar-refractivity contribution in [2.45, 2.75) is 39.5 Å². The summed E-state index contributed by atoms with van der Waals surface area (Å²) in [6.07, 6.45) is 6.23. The summed E-state index contributed by atoms with van der Waals surface area (Å²) in [5, 5.41) is 14.5. The van der Waals surface area contributed by atoms with Crippen molar-refractivity contribution in [3.05, 3.63) is 48.3 Å². The molecule has 0 saturated heterocycles. The molecule has 1 fully saturated rings. The van der Waals surface area contributed by atoms with Gasteiger partial charge in [0, 0.05) is 11.8 Å². The van der Waals surface area contributed by atoms with Gasteiger partial charge in [0.25, 0.3) is 0 Å². The monoisotopic (exact) mass is 432 g/mol. The van der Waals surface area contributed by atoms with E-state index in [-0.39, 0.29) is 23.7 Å². The Labute approximate surface area is 184 Å². The Morgan fingerprint density at radius 1 is 0.750 bits per heavy atom. The summed E-state index contributed by atoms with van der Waals surface area (Å²) in [6.45, 7) is 3.65. The molecule has 0 aromatic carbocycles. The molecule has 2 N–H and O–H groups in total.